The molecule has 1 fully saturated rings. The maximum Gasteiger partial charge on any atom is 0.254 e. The van der Waals surface area contributed by atoms with Crippen LogP contribution in [0.4, 0.5) is 0 Å². The summed E-state index contributed by atoms with van der Waals surface area (Å²) < 4.78 is 0. The molecule has 0 unspecified atom stereocenters. The molecule has 3 nitrogen and oxygen atoms in total. The Morgan fingerprint density at radius 2 is 2.00 bits per heavy atom. The number of rotatable bonds is 1. The van der Waals surface area contributed by atoms with Gasteiger partial charge in [-0.25, -0.2) is 0 Å². The van der Waals surface area contributed by atoms with Crippen LogP contribution in [-0.2, 0) is 4.79 Å². The van der Waals surface area contributed by atoms with Gasteiger partial charge in [0.05, 0.1) is 0 Å². The lowest BCUT2D eigenvalue weighted by atomic mass is 9.99. The van der Waals surface area contributed by atoms with Crippen LogP contribution in [0.15, 0.2) is 0 Å². The minimum Gasteiger partial charge on any atom is -0.381 e. The van der Waals surface area contributed by atoms with Crippen LogP contribution in [0.25, 0.3) is 0 Å². The second-order valence-electron chi connectivity index (χ2n) is 4.93. The van der Waals surface area contributed by atoms with Crippen molar-refractivity contribution in [1.29, 1.82) is 0 Å². The average molecular weight is 185 g/mol. The Bertz CT molecular complexity index is 215. The van der Waals surface area contributed by atoms with Gasteiger partial charge in [-0.2, -0.15) is 0 Å². The van der Waals surface area contributed by atoms with Gasteiger partial charge >= 0.3 is 0 Å². The van der Waals surface area contributed by atoms with Gasteiger partial charge in [-0.05, 0) is 40.5 Å². The van der Waals surface area contributed by atoms with Gasteiger partial charge in [0.15, 0.2) is 0 Å². The molecular formula is C10H19NO2. The van der Waals surface area contributed by atoms with E-state index in [9.17, 15) is 9.90 Å². The summed E-state index contributed by atoms with van der Waals surface area (Å²) in [7, 11) is 0. The summed E-state index contributed by atoms with van der Waals surface area (Å²) in [5.74, 6) is -0.157. The second kappa shape index (κ2) is 2.98. The Balaban J connectivity index is 2.79. The minimum absolute atomic E-state index is 0.0862. The third-order valence-corrected chi connectivity index (χ3v) is 2.67. The summed E-state index contributed by atoms with van der Waals surface area (Å²) in [6.45, 7) is 7.95. The van der Waals surface area contributed by atoms with E-state index in [0.717, 1.165) is 19.4 Å². The summed E-state index contributed by atoms with van der Waals surface area (Å²) in [6, 6.07) is 0. The van der Waals surface area contributed by atoms with Gasteiger partial charge in [-0.15, -0.1) is 0 Å². The molecule has 1 aliphatic heterocycles. The predicted octanol–water partition coefficient (Wildman–Crippen LogP) is 1.16. The number of nitrogens with zero attached hydrogens (tertiary/aromatic N) is 1. The van der Waals surface area contributed by atoms with Gasteiger partial charge in [0.2, 0.25) is 0 Å². The van der Waals surface area contributed by atoms with E-state index in [2.05, 4.69) is 0 Å². The zero-order chi connectivity index (χ0) is 10.3. The van der Waals surface area contributed by atoms with Gasteiger partial charge in [0, 0.05) is 12.1 Å². The number of carbonyl (C=O) groups excluding carboxylic acids is 1. The van der Waals surface area contributed by atoms with Crippen molar-refractivity contribution in [3.8, 4) is 0 Å². The molecule has 0 radical (unpaired) electrons. The number of likely N-dealkylation sites (tertiary alicyclic amines) is 1. The van der Waals surface area contributed by atoms with Crippen LogP contribution < -0.4 is 0 Å². The first-order valence-electron chi connectivity index (χ1n) is 4.79. The third-order valence-electron chi connectivity index (χ3n) is 2.67. The zero-order valence-electron chi connectivity index (χ0n) is 8.92. The number of amides is 1. The van der Waals surface area contributed by atoms with E-state index in [1.807, 2.05) is 13.8 Å². The van der Waals surface area contributed by atoms with E-state index in [4.69, 9.17) is 0 Å². The van der Waals surface area contributed by atoms with Gasteiger partial charge in [0.25, 0.3) is 5.91 Å². The van der Waals surface area contributed by atoms with Crippen LogP contribution in [0.1, 0.15) is 40.5 Å². The highest BCUT2D eigenvalue weighted by Gasteiger charge is 2.40. The highest BCUT2D eigenvalue weighted by molar-refractivity contribution is 5.85. The van der Waals surface area contributed by atoms with Crippen LogP contribution in [-0.4, -0.2) is 33.6 Å². The number of hydrogen-bond donors (Lipinski definition) is 1. The van der Waals surface area contributed by atoms with E-state index in [-0.39, 0.29) is 11.4 Å². The van der Waals surface area contributed by atoms with E-state index in [1.54, 1.807) is 18.7 Å². The molecule has 0 bridgehead atoms. The molecule has 0 saturated carbocycles. The lowest BCUT2D eigenvalue weighted by molar-refractivity contribution is -0.151. The summed E-state index contributed by atoms with van der Waals surface area (Å²) >= 11 is 0. The third kappa shape index (κ3) is 2.02. The summed E-state index contributed by atoms with van der Waals surface area (Å²) in [4.78, 5) is 13.5. The normalized spacial score (nSPS) is 22.1. The fourth-order valence-electron chi connectivity index (χ4n) is 1.81. The topological polar surface area (TPSA) is 40.5 Å². The van der Waals surface area contributed by atoms with Crippen molar-refractivity contribution in [2.24, 2.45) is 0 Å². The fraction of sp³-hybridized carbons (Fsp3) is 0.900. The quantitative estimate of drug-likeness (QED) is 0.666. The molecule has 1 amide bonds. The molecule has 1 aliphatic rings. The molecule has 1 N–H and O–H groups in total. The van der Waals surface area contributed by atoms with Crippen molar-refractivity contribution >= 4 is 5.91 Å². The number of aliphatic hydroxyl groups is 1. The largest absolute Gasteiger partial charge is 0.381 e. The van der Waals surface area contributed by atoms with Crippen molar-refractivity contribution in [3.05, 3.63) is 0 Å². The smallest absolute Gasteiger partial charge is 0.254 e. The molecule has 0 atom stereocenters. The summed E-state index contributed by atoms with van der Waals surface area (Å²) in [6.07, 6.45) is 2.06. The van der Waals surface area contributed by atoms with Crippen molar-refractivity contribution in [1.82, 2.24) is 4.90 Å². The second-order valence-corrected chi connectivity index (χ2v) is 4.93. The molecule has 0 aromatic carbocycles. The van der Waals surface area contributed by atoms with E-state index in [0.29, 0.717) is 0 Å². The molecule has 1 heterocycles. The minimum atomic E-state index is -1.23. The first-order valence-corrected chi connectivity index (χ1v) is 4.79. The average Bonchev–Trinajstić information content (AvgIpc) is 2.26. The molecule has 0 spiro atoms. The van der Waals surface area contributed by atoms with E-state index in [1.165, 1.54) is 0 Å². The number of hydrogen-bond acceptors (Lipinski definition) is 2. The maximum absolute atomic E-state index is 11.8. The van der Waals surface area contributed by atoms with Crippen LogP contribution in [0.2, 0.25) is 0 Å². The van der Waals surface area contributed by atoms with Crippen LogP contribution >= 0.6 is 0 Å². The van der Waals surface area contributed by atoms with Gasteiger partial charge < -0.3 is 10.0 Å². The Labute approximate surface area is 79.7 Å². The maximum atomic E-state index is 11.8. The molecule has 0 aromatic heterocycles. The monoisotopic (exact) mass is 185 g/mol. The SMILES string of the molecule is CC(C)(O)C(=O)N1CCCC1(C)C. The van der Waals surface area contributed by atoms with Gasteiger partial charge in [-0.3, -0.25) is 4.79 Å². The number of carbonyl (C=O) groups is 1. The molecule has 1 rings (SSSR count). The molecule has 0 aliphatic carbocycles. The van der Waals surface area contributed by atoms with Crippen molar-refractivity contribution in [2.45, 2.75) is 51.7 Å². The summed E-state index contributed by atoms with van der Waals surface area (Å²) in [5, 5.41) is 9.59. The van der Waals surface area contributed by atoms with Gasteiger partial charge in [0.1, 0.15) is 5.60 Å². The van der Waals surface area contributed by atoms with Gasteiger partial charge in [-0.1, -0.05) is 0 Å². The molecule has 0 aromatic rings. The Morgan fingerprint density at radius 3 is 2.31 bits per heavy atom. The first kappa shape index (κ1) is 10.5. The fourth-order valence-corrected chi connectivity index (χ4v) is 1.81. The Morgan fingerprint density at radius 1 is 1.46 bits per heavy atom. The zero-order valence-corrected chi connectivity index (χ0v) is 8.92. The van der Waals surface area contributed by atoms with Crippen molar-refractivity contribution < 1.29 is 9.90 Å². The van der Waals surface area contributed by atoms with Crippen LogP contribution in [0, 0.1) is 0 Å². The van der Waals surface area contributed by atoms with Crippen molar-refractivity contribution in [2.75, 3.05) is 6.54 Å². The van der Waals surface area contributed by atoms with Crippen LogP contribution in [0.3, 0.4) is 0 Å². The van der Waals surface area contributed by atoms with E-state index >= 15 is 0 Å². The predicted molar refractivity (Wildman–Crippen MR) is 51.3 cm³/mol. The molecular weight excluding hydrogens is 166 g/mol. The molecule has 13 heavy (non-hydrogen) atoms. The lowest BCUT2D eigenvalue weighted by Crippen LogP contribution is -2.51. The Kier molecular flexibility index (Phi) is 2.41. The molecule has 76 valence electrons. The summed E-state index contributed by atoms with van der Waals surface area (Å²) in [5.41, 5.74) is -1.32. The highest BCUT2D eigenvalue weighted by Crippen LogP contribution is 2.30. The first-order chi connectivity index (χ1) is 5.75. The van der Waals surface area contributed by atoms with E-state index < -0.39 is 5.60 Å². The van der Waals surface area contributed by atoms with Crippen molar-refractivity contribution in [3.63, 3.8) is 0 Å². The molecule has 1 saturated heterocycles. The standard InChI is InChI=1S/C10H19NO2/c1-9(2)6-5-7-11(9)8(12)10(3,4)13/h13H,5-7H2,1-4H3. The highest BCUT2D eigenvalue weighted by atomic mass is 16.3. The Hall–Kier alpha value is -0.570. The molecule has 3 heteroatoms. The lowest BCUT2D eigenvalue weighted by Gasteiger charge is -2.35. The van der Waals surface area contributed by atoms with Crippen LogP contribution in [0.5, 0.6) is 0 Å².